The molecular weight excluding hydrogens is 449 g/mol. The van der Waals surface area contributed by atoms with Gasteiger partial charge < -0.3 is 0 Å². The highest BCUT2D eigenvalue weighted by atomic mass is 35.5. The van der Waals surface area contributed by atoms with Gasteiger partial charge in [0.05, 0.1) is 0 Å². The van der Waals surface area contributed by atoms with Crippen molar-refractivity contribution in [3.8, 4) is 0 Å². The fourth-order valence-electron chi connectivity index (χ4n) is 3.65. The Morgan fingerprint density at radius 2 is 0.969 bits per heavy atom. The topological polar surface area (TPSA) is 17.1 Å². The molecule has 160 valence electrons. The first-order chi connectivity index (χ1) is 15.4. The van der Waals surface area contributed by atoms with Crippen LogP contribution in [0.25, 0.3) is 0 Å². The van der Waals surface area contributed by atoms with E-state index in [4.69, 9.17) is 23.2 Å². The molecule has 0 fully saturated rings. The number of ketones is 1. The van der Waals surface area contributed by atoms with E-state index in [9.17, 15) is 13.6 Å². The Hall–Kier alpha value is -3.01. The lowest BCUT2D eigenvalue weighted by molar-refractivity contribution is 0.103. The van der Waals surface area contributed by atoms with Crippen molar-refractivity contribution in [2.45, 2.75) is 12.8 Å². The molecule has 0 spiro atoms. The molecule has 0 bridgehead atoms. The summed E-state index contributed by atoms with van der Waals surface area (Å²) in [7, 11) is 0. The summed E-state index contributed by atoms with van der Waals surface area (Å²) in [5.41, 5.74) is 3.66. The van der Waals surface area contributed by atoms with Crippen LogP contribution in [0.1, 0.15) is 38.2 Å². The fourth-order valence-corrected chi connectivity index (χ4v) is 3.90. The lowest BCUT2D eigenvalue weighted by Gasteiger charge is -2.13. The molecule has 4 rings (SSSR count). The van der Waals surface area contributed by atoms with E-state index in [1.807, 2.05) is 24.3 Å². The molecule has 0 aromatic heterocycles. The maximum atomic E-state index is 14.0. The highest BCUT2D eigenvalue weighted by Gasteiger charge is 2.19. The van der Waals surface area contributed by atoms with Crippen LogP contribution in [0.5, 0.6) is 0 Å². The normalized spacial score (nSPS) is 10.9. The molecule has 32 heavy (non-hydrogen) atoms. The zero-order valence-electron chi connectivity index (χ0n) is 16.9. The van der Waals surface area contributed by atoms with Crippen molar-refractivity contribution in [3.05, 3.63) is 140 Å². The van der Waals surface area contributed by atoms with E-state index in [0.717, 1.165) is 11.1 Å². The van der Waals surface area contributed by atoms with Gasteiger partial charge in [-0.3, -0.25) is 4.79 Å². The van der Waals surface area contributed by atoms with Crippen LogP contribution in [0, 0.1) is 11.6 Å². The van der Waals surface area contributed by atoms with Crippen LogP contribution in [-0.4, -0.2) is 5.78 Å². The molecule has 0 radical (unpaired) electrons. The van der Waals surface area contributed by atoms with Crippen LogP contribution in [-0.2, 0) is 12.8 Å². The Morgan fingerprint density at radius 1 is 0.594 bits per heavy atom. The average Bonchev–Trinajstić information content (AvgIpc) is 2.77. The first kappa shape index (κ1) is 22.2. The third-order valence-corrected chi connectivity index (χ3v) is 5.74. The standard InChI is InChI=1S/C27H18Cl2F2O/c28-21-5-1-17(2-6-21)13-19-15-23(30)9-11-25(19)27(32)26-12-10-24(31)16-20(26)14-18-3-7-22(29)8-4-18/h1-12,15-16H,13-14H2. The minimum absolute atomic E-state index is 0.280. The van der Waals surface area contributed by atoms with Gasteiger partial charge in [-0.25, -0.2) is 8.78 Å². The van der Waals surface area contributed by atoms with Crippen molar-refractivity contribution in [3.63, 3.8) is 0 Å². The van der Waals surface area contributed by atoms with E-state index in [1.165, 1.54) is 36.4 Å². The maximum Gasteiger partial charge on any atom is 0.193 e. The van der Waals surface area contributed by atoms with Gasteiger partial charge in [0.15, 0.2) is 5.78 Å². The molecule has 0 N–H and O–H groups in total. The Balaban J connectivity index is 1.71. The van der Waals surface area contributed by atoms with Crippen molar-refractivity contribution in [2.24, 2.45) is 0 Å². The second kappa shape index (κ2) is 9.64. The molecule has 5 heteroatoms. The van der Waals surface area contributed by atoms with Crippen LogP contribution >= 0.6 is 23.2 Å². The number of benzene rings is 4. The fraction of sp³-hybridized carbons (Fsp3) is 0.0741. The second-order valence-corrected chi connectivity index (χ2v) is 8.41. The summed E-state index contributed by atoms with van der Waals surface area (Å²) in [5, 5.41) is 1.20. The lowest BCUT2D eigenvalue weighted by Crippen LogP contribution is -2.10. The number of carbonyl (C=O) groups is 1. The third kappa shape index (κ3) is 5.24. The molecule has 0 saturated carbocycles. The molecule has 0 aliphatic carbocycles. The number of carbonyl (C=O) groups excluding carboxylic acids is 1. The van der Waals surface area contributed by atoms with Crippen LogP contribution < -0.4 is 0 Å². The number of halogens is 4. The van der Waals surface area contributed by atoms with Crippen LogP contribution in [0.2, 0.25) is 10.0 Å². The Bertz CT molecular complexity index is 1170. The largest absolute Gasteiger partial charge is 0.289 e. The minimum atomic E-state index is -0.425. The maximum absolute atomic E-state index is 14.0. The quantitative estimate of drug-likeness (QED) is 0.266. The Labute approximate surface area is 195 Å². The van der Waals surface area contributed by atoms with E-state index >= 15 is 0 Å². The van der Waals surface area contributed by atoms with E-state index in [2.05, 4.69) is 0 Å². The van der Waals surface area contributed by atoms with Crippen molar-refractivity contribution >= 4 is 29.0 Å². The first-order valence-electron chi connectivity index (χ1n) is 9.99. The first-order valence-corrected chi connectivity index (χ1v) is 10.7. The summed E-state index contributed by atoms with van der Waals surface area (Å²) in [6, 6.07) is 22.6. The SMILES string of the molecule is O=C(c1ccc(F)cc1Cc1ccc(Cl)cc1)c1ccc(F)cc1Cc1ccc(Cl)cc1. The van der Waals surface area contributed by atoms with Crippen LogP contribution in [0.4, 0.5) is 8.78 Å². The van der Waals surface area contributed by atoms with Crippen molar-refractivity contribution in [1.82, 2.24) is 0 Å². The van der Waals surface area contributed by atoms with Crippen molar-refractivity contribution < 1.29 is 13.6 Å². The Morgan fingerprint density at radius 3 is 1.34 bits per heavy atom. The van der Waals surface area contributed by atoms with E-state index in [-0.39, 0.29) is 5.78 Å². The molecular formula is C27H18Cl2F2O. The molecule has 0 unspecified atom stereocenters. The van der Waals surface area contributed by atoms with Gasteiger partial charge in [0, 0.05) is 21.2 Å². The molecule has 4 aromatic carbocycles. The minimum Gasteiger partial charge on any atom is -0.289 e. The smallest absolute Gasteiger partial charge is 0.193 e. The van der Waals surface area contributed by atoms with Gasteiger partial charge in [0.1, 0.15) is 11.6 Å². The zero-order valence-corrected chi connectivity index (χ0v) is 18.4. The molecule has 0 amide bonds. The molecule has 0 saturated heterocycles. The van der Waals surface area contributed by atoms with Gasteiger partial charge in [-0.1, -0.05) is 47.5 Å². The molecule has 1 nitrogen and oxygen atoms in total. The van der Waals surface area contributed by atoms with Crippen LogP contribution in [0.3, 0.4) is 0 Å². The summed E-state index contributed by atoms with van der Waals surface area (Å²) >= 11 is 11.9. The molecule has 0 aliphatic rings. The molecule has 4 aromatic rings. The van der Waals surface area contributed by atoms with E-state index in [0.29, 0.717) is 45.1 Å². The lowest BCUT2D eigenvalue weighted by atomic mass is 9.90. The highest BCUT2D eigenvalue weighted by Crippen LogP contribution is 2.24. The van der Waals surface area contributed by atoms with E-state index < -0.39 is 11.6 Å². The van der Waals surface area contributed by atoms with Crippen molar-refractivity contribution in [1.29, 1.82) is 0 Å². The van der Waals surface area contributed by atoms with Crippen LogP contribution in [0.15, 0.2) is 84.9 Å². The summed E-state index contributed by atoms with van der Waals surface area (Å²) < 4.78 is 28.1. The number of rotatable bonds is 6. The Kier molecular flexibility index (Phi) is 6.69. The van der Waals surface area contributed by atoms with Gasteiger partial charge in [-0.05, 0) is 95.8 Å². The second-order valence-electron chi connectivity index (χ2n) is 7.54. The summed E-state index contributed by atoms with van der Waals surface area (Å²) in [4.78, 5) is 13.5. The zero-order chi connectivity index (χ0) is 22.7. The monoisotopic (exact) mass is 466 g/mol. The number of hydrogen-bond donors (Lipinski definition) is 0. The van der Waals surface area contributed by atoms with Gasteiger partial charge in [0.25, 0.3) is 0 Å². The summed E-state index contributed by atoms with van der Waals surface area (Å²) in [6.45, 7) is 0. The van der Waals surface area contributed by atoms with Gasteiger partial charge in [-0.2, -0.15) is 0 Å². The predicted octanol–water partition coefficient (Wildman–Crippen LogP) is 7.68. The summed E-state index contributed by atoms with van der Waals surface area (Å²) in [5.74, 6) is -1.13. The highest BCUT2D eigenvalue weighted by molar-refractivity contribution is 6.30. The molecule has 0 aliphatic heterocycles. The van der Waals surface area contributed by atoms with Crippen molar-refractivity contribution in [2.75, 3.05) is 0 Å². The molecule has 0 heterocycles. The summed E-state index contributed by atoms with van der Waals surface area (Å²) in [6.07, 6.45) is 0.730. The molecule has 0 atom stereocenters. The van der Waals surface area contributed by atoms with E-state index in [1.54, 1.807) is 24.3 Å². The number of hydrogen-bond acceptors (Lipinski definition) is 1. The predicted molar refractivity (Wildman–Crippen MR) is 125 cm³/mol. The van der Waals surface area contributed by atoms with Gasteiger partial charge in [-0.15, -0.1) is 0 Å². The third-order valence-electron chi connectivity index (χ3n) is 5.24. The average molecular weight is 467 g/mol. The van der Waals surface area contributed by atoms with Gasteiger partial charge >= 0.3 is 0 Å². The van der Waals surface area contributed by atoms with Gasteiger partial charge in [0.2, 0.25) is 0 Å².